The van der Waals surface area contributed by atoms with Crippen molar-refractivity contribution >= 4 is 23.2 Å². The zero-order chi connectivity index (χ0) is 21.1. The van der Waals surface area contributed by atoms with Crippen molar-refractivity contribution in [3.8, 4) is 11.5 Å². The van der Waals surface area contributed by atoms with E-state index in [-0.39, 0.29) is 24.2 Å². The lowest BCUT2D eigenvalue weighted by atomic mass is 10.1. The molecule has 0 aliphatic carbocycles. The van der Waals surface area contributed by atoms with Gasteiger partial charge >= 0.3 is 0 Å². The van der Waals surface area contributed by atoms with Crippen LogP contribution >= 0.6 is 0 Å². The van der Waals surface area contributed by atoms with E-state index in [1.165, 1.54) is 0 Å². The van der Waals surface area contributed by atoms with Crippen LogP contribution in [0, 0.1) is 19.8 Å². The molecule has 30 heavy (non-hydrogen) atoms. The maximum Gasteiger partial charge on any atom is 0.229 e. The second-order valence-electron chi connectivity index (χ2n) is 7.57. The van der Waals surface area contributed by atoms with Crippen molar-refractivity contribution in [1.82, 2.24) is 0 Å². The number of hydrogen-bond donors (Lipinski definition) is 1. The van der Waals surface area contributed by atoms with Crippen LogP contribution in [-0.2, 0) is 9.59 Å². The van der Waals surface area contributed by atoms with E-state index < -0.39 is 0 Å². The van der Waals surface area contributed by atoms with Crippen molar-refractivity contribution in [2.75, 3.05) is 16.8 Å². The smallest absolute Gasteiger partial charge is 0.229 e. The van der Waals surface area contributed by atoms with E-state index in [9.17, 15) is 9.59 Å². The van der Waals surface area contributed by atoms with Gasteiger partial charge in [0.1, 0.15) is 11.5 Å². The van der Waals surface area contributed by atoms with Crippen LogP contribution in [0.2, 0.25) is 0 Å². The third-order valence-electron chi connectivity index (χ3n) is 5.31. The first-order chi connectivity index (χ1) is 14.5. The third kappa shape index (κ3) is 4.20. The summed E-state index contributed by atoms with van der Waals surface area (Å²) in [5, 5.41) is 2.92. The van der Waals surface area contributed by atoms with Crippen LogP contribution in [0.4, 0.5) is 11.4 Å². The van der Waals surface area contributed by atoms with E-state index in [4.69, 9.17) is 4.74 Å². The molecular formula is C25H24N2O3. The highest BCUT2D eigenvalue weighted by Crippen LogP contribution is 2.31. The number of hydrogen-bond acceptors (Lipinski definition) is 3. The van der Waals surface area contributed by atoms with Gasteiger partial charge in [-0.15, -0.1) is 0 Å². The number of nitrogens with one attached hydrogen (secondary N) is 1. The van der Waals surface area contributed by atoms with Gasteiger partial charge in [0.15, 0.2) is 0 Å². The molecule has 3 aromatic carbocycles. The summed E-state index contributed by atoms with van der Waals surface area (Å²) < 4.78 is 5.77. The molecule has 1 aliphatic rings. The van der Waals surface area contributed by atoms with Crippen molar-refractivity contribution in [3.63, 3.8) is 0 Å². The van der Waals surface area contributed by atoms with Gasteiger partial charge in [-0.3, -0.25) is 9.59 Å². The summed E-state index contributed by atoms with van der Waals surface area (Å²) in [4.78, 5) is 27.1. The Labute approximate surface area is 176 Å². The summed E-state index contributed by atoms with van der Waals surface area (Å²) in [6, 6.07) is 22.7. The number of aryl methyl sites for hydroxylation is 2. The molecule has 5 nitrogen and oxygen atoms in total. The molecule has 1 aliphatic heterocycles. The number of carbonyl (C=O) groups is 2. The molecule has 1 N–H and O–H groups in total. The summed E-state index contributed by atoms with van der Waals surface area (Å²) in [5.74, 6) is 0.909. The van der Waals surface area contributed by atoms with Gasteiger partial charge in [0, 0.05) is 24.3 Å². The minimum Gasteiger partial charge on any atom is -0.457 e. The van der Waals surface area contributed by atoms with Crippen LogP contribution in [0.1, 0.15) is 17.5 Å². The fourth-order valence-electron chi connectivity index (χ4n) is 3.81. The number of benzene rings is 3. The molecule has 152 valence electrons. The van der Waals surface area contributed by atoms with Gasteiger partial charge < -0.3 is 15.0 Å². The number of rotatable bonds is 5. The highest BCUT2D eigenvalue weighted by Gasteiger charge is 2.36. The predicted molar refractivity (Wildman–Crippen MR) is 118 cm³/mol. The summed E-state index contributed by atoms with van der Waals surface area (Å²) >= 11 is 0. The normalized spacial score (nSPS) is 15.9. The minimum absolute atomic E-state index is 0.0147. The Morgan fingerprint density at radius 3 is 2.20 bits per heavy atom. The zero-order valence-electron chi connectivity index (χ0n) is 17.1. The molecule has 3 aromatic rings. The molecule has 0 bridgehead atoms. The maximum absolute atomic E-state index is 12.8. The van der Waals surface area contributed by atoms with E-state index in [2.05, 4.69) is 5.32 Å². The first kappa shape index (κ1) is 19.7. The molecule has 0 aromatic heterocycles. The second-order valence-corrected chi connectivity index (χ2v) is 7.57. The summed E-state index contributed by atoms with van der Waals surface area (Å²) in [5.41, 5.74) is 3.68. The van der Waals surface area contributed by atoms with Gasteiger partial charge in [0.05, 0.1) is 5.92 Å². The highest BCUT2D eigenvalue weighted by atomic mass is 16.5. The Kier molecular flexibility index (Phi) is 5.53. The van der Waals surface area contributed by atoms with Gasteiger partial charge in [0.25, 0.3) is 0 Å². The van der Waals surface area contributed by atoms with Crippen LogP contribution in [0.15, 0.2) is 72.8 Å². The molecule has 1 fully saturated rings. The molecule has 5 heteroatoms. The van der Waals surface area contributed by atoms with E-state index in [0.717, 1.165) is 22.6 Å². The van der Waals surface area contributed by atoms with Crippen molar-refractivity contribution in [3.05, 3.63) is 83.9 Å². The molecule has 0 saturated carbocycles. The molecular weight excluding hydrogens is 376 g/mol. The predicted octanol–water partition coefficient (Wildman–Crippen LogP) is 5.09. The van der Waals surface area contributed by atoms with Crippen molar-refractivity contribution in [2.24, 2.45) is 5.92 Å². The van der Waals surface area contributed by atoms with Gasteiger partial charge in [-0.05, 0) is 61.4 Å². The van der Waals surface area contributed by atoms with Crippen LogP contribution in [-0.4, -0.2) is 18.4 Å². The summed E-state index contributed by atoms with van der Waals surface area (Å²) in [6.45, 7) is 4.37. The van der Waals surface area contributed by atoms with Crippen LogP contribution < -0.4 is 15.0 Å². The fourth-order valence-corrected chi connectivity index (χ4v) is 3.81. The zero-order valence-corrected chi connectivity index (χ0v) is 17.1. The third-order valence-corrected chi connectivity index (χ3v) is 5.31. The lowest BCUT2D eigenvalue weighted by molar-refractivity contribution is -0.122. The quantitative estimate of drug-likeness (QED) is 0.649. The molecule has 1 heterocycles. The second kappa shape index (κ2) is 8.41. The number of carbonyl (C=O) groups excluding carboxylic acids is 2. The van der Waals surface area contributed by atoms with Gasteiger partial charge in [-0.2, -0.15) is 0 Å². The average Bonchev–Trinajstić information content (AvgIpc) is 3.12. The van der Waals surface area contributed by atoms with E-state index in [0.29, 0.717) is 18.0 Å². The highest BCUT2D eigenvalue weighted by molar-refractivity contribution is 6.04. The number of nitrogens with zero attached hydrogens (tertiary/aromatic N) is 1. The number of ether oxygens (including phenoxy) is 1. The van der Waals surface area contributed by atoms with Crippen molar-refractivity contribution < 1.29 is 14.3 Å². The fraction of sp³-hybridized carbons (Fsp3) is 0.200. The molecule has 2 amide bonds. The Morgan fingerprint density at radius 1 is 0.900 bits per heavy atom. The van der Waals surface area contributed by atoms with Gasteiger partial charge in [-0.25, -0.2) is 0 Å². The standard InChI is InChI=1S/C25H24N2O3/c1-17-7-6-8-18(2)24(17)27-16-19(15-23(27)28)25(29)26-20-11-13-22(14-12-20)30-21-9-4-3-5-10-21/h3-14,19H,15-16H2,1-2H3,(H,26,29)/t19-/m1/s1. The molecule has 0 radical (unpaired) electrons. The Bertz CT molecular complexity index is 1040. The first-order valence-electron chi connectivity index (χ1n) is 10.0. The average molecular weight is 400 g/mol. The van der Waals surface area contributed by atoms with E-state index >= 15 is 0 Å². The van der Waals surface area contributed by atoms with Crippen molar-refractivity contribution in [1.29, 1.82) is 0 Å². The number of anilines is 2. The van der Waals surface area contributed by atoms with Gasteiger partial charge in [0.2, 0.25) is 11.8 Å². The maximum atomic E-state index is 12.8. The molecule has 1 atom stereocenters. The Balaban J connectivity index is 1.40. The van der Waals surface area contributed by atoms with Crippen LogP contribution in [0.5, 0.6) is 11.5 Å². The minimum atomic E-state index is -0.378. The lowest BCUT2D eigenvalue weighted by Crippen LogP contribution is -2.29. The number of amides is 2. The molecule has 4 rings (SSSR count). The monoisotopic (exact) mass is 400 g/mol. The lowest BCUT2D eigenvalue weighted by Gasteiger charge is -2.21. The number of para-hydroxylation sites is 2. The summed E-state index contributed by atoms with van der Waals surface area (Å²) in [7, 11) is 0. The molecule has 1 saturated heterocycles. The van der Waals surface area contributed by atoms with E-state index in [1.54, 1.807) is 17.0 Å². The summed E-state index contributed by atoms with van der Waals surface area (Å²) in [6.07, 6.45) is 0.217. The largest absolute Gasteiger partial charge is 0.457 e. The Morgan fingerprint density at radius 2 is 1.53 bits per heavy atom. The van der Waals surface area contributed by atoms with Crippen LogP contribution in [0.25, 0.3) is 0 Å². The SMILES string of the molecule is Cc1cccc(C)c1N1C[C@H](C(=O)Nc2ccc(Oc3ccccc3)cc2)CC1=O. The first-order valence-corrected chi connectivity index (χ1v) is 10.0. The molecule has 0 unspecified atom stereocenters. The Hall–Kier alpha value is -3.60. The van der Waals surface area contributed by atoms with Crippen molar-refractivity contribution in [2.45, 2.75) is 20.3 Å². The van der Waals surface area contributed by atoms with Gasteiger partial charge in [-0.1, -0.05) is 36.4 Å². The molecule has 0 spiro atoms. The topological polar surface area (TPSA) is 58.6 Å². The van der Waals surface area contributed by atoms with Crippen LogP contribution in [0.3, 0.4) is 0 Å². The van der Waals surface area contributed by atoms with E-state index in [1.807, 2.05) is 74.5 Å².